The number of terminal acetylenes is 1. The number of aromatic nitrogens is 3. The average molecular weight is 728 g/mol. The van der Waals surface area contributed by atoms with Crippen molar-refractivity contribution in [3.05, 3.63) is 66.2 Å². The van der Waals surface area contributed by atoms with E-state index in [0.29, 0.717) is 28.0 Å². The molecule has 0 spiro atoms. The summed E-state index contributed by atoms with van der Waals surface area (Å²) in [4.78, 5) is 49.3. The zero-order chi connectivity index (χ0) is 33.9. The van der Waals surface area contributed by atoms with Gasteiger partial charge in [-0.2, -0.15) is 4.68 Å². The van der Waals surface area contributed by atoms with E-state index in [2.05, 4.69) is 16.3 Å². The monoisotopic (exact) mass is 726 g/mol. The van der Waals surface area contributed by atoms with Crippen LogP contribution in [0.2, 0.25) is 20.1 Å². The van der Waals surface area contributed by atoms with Gasteiger partial charge in [0.15, 0.2) is 5.75 Å². The summed E-state index contributed by atoms with van der Waals surface area (Å²) < 4.78 is 23.2. The number of carbonyl (C=O) groups is 2. The largest absolute Gasteiger partial charge is 0.494 e. The lowest BCUT2D eigenvalue weighted by molar-refractivity contribution is -0.135. The lowest BCUT2D eigenvalue weighted by atomic mass is 10.2. The zero-order valence-electron chi connectivity index (χ0n) is 23.4. The van der Waals surface area contributed by atoms with Gasteiger partial charge in [0.1, 0.15) is 23.7 Å². The molecule has 45 heavy (non-hydrogen) atoms. The van der Waals surface area contributed by atoms with Crippen LogP contribution >= 0.6 is 54.0 Å². The molecular formula is C26H27Cl4N4O10P. The van der Waals surface area contributed by atoms with Crippen molar-refractivity contribution in [2.24, 2.45) is 0 Å². The lowest BCUT2D eigenvalue weighted by Gasteiger charge is -2.09. The van der Waals surface area contributed by atoms with Crippen molar-refractivity contribution in [3.63, 3.8) is 0 Å². The number of aliphatic carboxylic acids is 1. The van der Waals surface area contributed by atoms with Gasteiger partial charge in [-0.25, -0.2) is 9.59 Å². The molecule has 244 valence electrons. The summed E-state index contributed by atoms with van der Waals surface area (Å²) in [6.07, 6.45) is 7.37. The van der Waals surface area contributed by atoms with E-state index in [4.69, 9.17) is 82.3 Å². The van der Waals surface area contributed by atoms with Crippen LogP contribution in [-0.2, 0) is 22.3 Å². The molecule has 0 saturated heterocycles. The Morgan fingerprint density at radius 2 is 1.76 bits per heavy atom. The van der Waals surface area contributed by atoms with E-state index in [1.807, 2.05) is 0 Å². The maximum Gasteiger partial charge on any atom is 0.350 e. The second kappa shape index (κ2) is 17.4. The van der Waals surface area contributed by atoms with Gasteiger partial charge < -0.3 is 29.5 Å². The van der Waals surface area contributed by atoms with Gasteiger partial charge in [-0.1, -0.05) is 52.3 Å². The van der Waals surface area contributed by atoms with Crippen molar-refractivity contribution >= 4 is 65.9 Å². The van der Waals surface area contributed by atoms with E-state index in [1.165, 1.54) is 30.0 Å². The molecule has 1 aromatic heterocycles. The van der Waals surface area contributed by atoms with Crippen molar-refractivity contribution in [3.8, 4) is 29.5 Å². The Morgan fingerprint density at radius 3 is 2.29 bits per heavy atom. The molecular weight excluding hydrogens is 701 g/mol. The molecule has 0 radical (unpaired) electrons. The molecule has 0 fully saturated rings. The Kier molecular flexibility index (Phi) is 14.7. The average Bonchev–Trinajstić information content (AvgIpc) is 3.29. The number of aryl methyl sites for hydroxylation is 1. The summed E-state index contributed by atoms with van der Waals surface area (Å²) in [6, 6.07) is 6.00. The Hall–Kier alpha value is -3.25. The number of carboxylic acid groups (broad SMARTS) is 2. The zero-order valence-corrected chi connectivity index (χ0v) is 27.3. The van der Waals surface area contributed by atoms with Crippen LogP contribution in [0.3, 0.4) is 0 Å². The molecule has 2 aromatic carbocycles. The quantitative estimate of drug-likeness (QED) is 0.156. The highest BCUT2D eigenvalue weighted by Gasteiger charge is 2.21. The molecule has 3 aromatic rings. The molecule has 0 aliphatic carbocycles. The molecule has 0 saturated carbocycles. The van der Waals surface area contributed by atoms with Crippen LogP contribution in [0.5, 0.6) is 11.5 Å². The highest BCUT2D eigenvalue weighted by molar-refractivity contribution is 7.51. The number of nitrogens with one attached hydrogen (secondary N) is 1. The second-order valence-corrected chi connectivity index (χ2v) is 12.1. The number of carboxylic acids is 2. The molecule has 4 rings (SSSR count). The Bertz CT molecular complexity index is 1680. The predicted molar refractivity (Wildman–Crippen MR) is 168 cm³/mol. The summed E-state index contributed by atoms with van der Waals surface area (Å²) >= 11 is 23.6. The fourth-order valence-corrected chi connectivity index (χ4v) is 5.09. The number of benzene rings is 2. The van der Waals surface area contributed by atoms with Crippen LogP contribution in [0.15, 0.2) is 29.1 Å². The number of rotatable bonds is 9. The van der Waals surface area contributed by atoms with Crippen LogP contribution in [-0.4, -0.2) is 72.8 Å². The van der Waals surface area contributed by atoms with Crippen LogP contribution < -0.4 is 20.5 Å². The van der Waals surface area contributed by atoms with E-state index in [-0.39, 0.29) is 33.7 Å². The van der Waals surface area contributed by atoms with Crippen molar-refractivity contribution in [1.29, 1.82) is 0 Å². The van der Waals surface area contributed by atoms with Crippen LogP contribution in [0, 0.1) is 12.3 Å². The Morgan fingerprint density at radius 1 is 1.09 bits per heavy atom. The molecule has 0 unspecified atom stereocenters. The van der Waals surface area contributed by atoms with Gasteiger partial charge in [0, 0.05) is 19.0 Å². The number of aromatic carboxylic acids is 1. The molecule has 5 N–H and O–H groups in total. The van der Waals surface area contributed by atoms with Crippen LogP contribution in [0.1, 0.15) is 29.0 Å². The highest BCUT2D eigenvalue weighted by Crippen LogP contribution is 2.34. The van der Waals surface area contributed by atoms with E-state index in [9.17, 15) is 18.9 Å². The maximum absolute atomic E-state index is 12.5. The SMILES string of the molecule is C#CCOc1cc(-n2nc3n(c2=O)CCCC3)c(Cl)cc1Cl.COc1c(Cl)ccc(Cl)c1C(=O)O.O=C(O)CNCP(=O)(O)O. The minimum absolute atomic E-state index is 0.0788. The van der Waals surface area contributed by atoms with Crippen molar-refractivity contribution < 1.29 is 43.6 Å². The molecule has 0 atom stereocenters. The molecule has 0 amide bonds. The van der Waals surface area contributed by atoms with Crippen molar-refractivity contribution in [2.75, 3.05) is 26.5 Å². The minimum Gasteiger partial charge on any atom is -0.494 e. The summed E-state index contributed by atoms with van der Waals surface area (Å²) in [5.41, 5.74) is 0.114. The van der Waals surface area contributed by atoms with Gasteiger partial charge in [-0.15, -0.1) is 11.5 Å². The predicted octanol–water partition coefficient (Wildman–Crippen LogP) is 4.19. The van der Waals surface area contributed by atoms with E-state index in [1.54, 1.807) is 10.6 Å². The number of methoxy groups -OCH3 is 1. The highest BCUT2D eigenvalue weighted by atomic mass is 35.5. The smallest absolute Gasteiger partial charge is 0.350 e. The Balaban J connectivity index is 0.000000262. The van der Waals surface area contributed by atoms with Crippen molar-refractivity contribution in [1.82, 2.24) is 19.7 Å². The van der Waals surface area contributed by atoms with E-state index < -0.39 is 32.4 Å². The third-order valence-electron chi connectivity index (χ3n) is 5.58. The van der Waals surface area contributed by atoms with Gasteiger partial charge in [0.25, 0.3) is 0 Å². The number of hydrogen-bond donors (Lipinski definition) is 5. The standard InChI is InChI=1S/C15H13Cl2N3O2.C8H6Cl2O3.C3H8NO5P/c1-2-7-22-13-9-12(10(16)8-11(13)17)20-15(21)19-6-4-3-5-14(19)18-20;1-13-7-5(10)3-2-4(9)6(7)8(11)12;5-3(6)1-4-2-10(7,8)9/h1,8-9H,3-7H2;2-3H,1H3,(H,11,12);4H,1-2H2,(H,5,6)(H2,7,8,9). The van der Waals surface area contributed by atoms with Gasteiger partial charge in [0.2, 0.25) is 0 Å². The first-order valence-electron chi connectivity index (χ1n) is 12.6. The summed E-state index contributed by atoms with van der Waals surface area (Å²) in [5.74, 6) is 1.29. The third kappa shape index (κ3) is 11.2. The summed E-state index contributed by atoms with van der Waals surface area (Å²) in [7, 11) is -2.76. The summed E-state index contributed by atoms with van der Waals surface area (Å²) in [6.45, 7) is 0.320. The normalized spacial score (nSPS) is 12.0. The fourth-order valence-electron chi connectivity index (χ4n) is 3.71. The first kappa shape index (κ1) is 37.9. The summed E-state index contributed by atoms with van der Waals surface area (Å²) in [5, 5.41) is 24.2. The van der Waals surface area contributed by atoms with Crippen molar-refractivity contribution in [2.45, 2.75) is 25.8 Å². The third-order valence-corrected chi connectivity index (χ3v) is 7.43. The maximum atomic E-state index is 12.5. The molecule has 19 heteroatoms. The van der Waals surface area contributed by atoms with E-state index in [0.717, 1.165) is 25.1 Å². The molecule has 2 heterocycles. The molecule has 0 bridgehead atoms. The van der Waals surface area contributed by atoms with Gasteiger partial charge >= 0.3 is 25.2 Å². The van der Waals surface area contributed by atoms with Gasteiger partial charge in [0.05, 0.1) is 45.7 Å². The minimum atomic E-state index is -4.10. The fraction of sp³-hybridized carbons (Fsp3) is 0.308. The first-order chi connectivity index (χ1) is 21.1. The topological polar surface area (TPSA) is 202 Å². The molecule has 14 nitrogen and oxygen atoms in total. The second-order valence-electron chi connectivity index (χ2n) is 8.83. The number of fused-ring (bicyclic) bond motifs is 1. The van der Waals surface area contributed by atoms with Crippen LogP contribution in [0.4, 0.5) is 0 Å². The number of ether oxygens (including phenoxy) is 2. The first-order valence-corrected chi connectivity index (χ1v) is 15.9. The molecule has 1 aliphatic heterocycles. The number of nitrogens with zero attached hydrogens (tertiary/aromatic N) is 3. The van der Waals surface area contributed by atoms with Gasteiger partial charge in [-0.05, 0) is 31.0 Å². The lowest BCUT2D eigenvalue weighted by Crippen LogP contribution is -2.26. The van der Waals surface area contributed by atoms with Gasteiger partial charge in [-0.3, -0.25) is 19.2 Å². The Labute approximate surface area is 276 Å². The number of halogens is 4. The molecule has 1 aliphatic rings. The van der Waals surface area contributed by atoms with Crippen LogP contribution in [0.25, 0.3) is 5.69 Å². The van der Waals surface area contributed by atoms with E-state index >= 15 is 0 Å². The number of hydrogen-bond acceptors (Lipinski definition) is 8.